The topological polar surface area (TPSA) is 105 Å². The Morgan fingerprint density at radius 2 is 2.04 bits per heavy atom. The first-order chi connectivity index (χ1) is 12.2. The number of nitrogens with zero attached hydrogens (tertiary/aromatic N) is 1. The summed E-state index contributed by atoms with van der Waals surface area (Å²) in [6.07, 6.45) is 0.739. The predicted molar refractivity (Wildman–Crippen MR) is 97.4 cm³/mol. The molecule has 2 heterocycles. The van der Waals surface area contributed by atoms with E-state index in [0.717, 1.165) is 4.47 Å². The quantitative estimate of drug-likeness (QED) is 0.679. The van der Waals surface area contributed by atoms with E-state index in [4.69, 9.17) is 10.5 Å². The van der Waals surface area contributed by atoms with Crippen molar-refractivity contribution in [2.75, 3.05) is 5.32 Å². The molecule has 7 heteroatoms. The summed E-state index contributed by atoms with van der Waals surface area (Å²) in [6, 6.07) is 7.29. The van der Waals surface area contributed by atoms with Crippen molar-refractivity contribution < 1.29 is 14.3 Å². The zero-order valence-corrected chi connectivity index (χ0v) is 15.9. The number of nitrogens with two attached hydrogens (primary N) is 1. The van der Waals surface area contributed by atoms with Crippen molar-refractivity contribution in [1.29, 1.82) is 5.26 Å². The number of nitriles is 1. The van der Waals surface area contributed by atoms with Crippen molar-refractivity contribution in [3.8, 4) is 6.07 Å². The normalized spacial score (nSPS) is 26.2. The third kappa shape index (κ3) is 2.02. The van der Waals surface area contributed by atoms with E-state index in [-0.39, 0.29) is 34.6 Å². The Bertz CT molecular complexity index is 1000. The van der Waals surface area contributed by atoms with Gasteiger partial charge in [-0.2, -0.15) is 5.26 Å². The van der Waals surface area contributed by atoms with E-state index in [1.54, 1.807) is 18.2 Å². The average molecular weight is 414 g/mol. The minimum atomic E-state index is -1.55. The number of hydrogen-bond donors (Lipinski definition) is 2. The van der Waals surface area contributed by atoms with Crippen LogP contribution in [-0.2, 0) is 19.7 Å². The molecule has 1 amide bonds. The molecular weight excluding hydrogens is 398 g/mol. The molecule has 1 unspecified atom stereocenters. The number of allylic oxidation sites excluding steroid dienone is 1. The van der Waals surface area contributed by atoms with Crippen LogP contribution in [0.2, 0.25) is 0 Å². The summed E-state index contributed by atoms with van der Waals surface area (Å²) in [6.45, 7) is 3.93. The van der Waals surface area contributed by atoms with E-state index in [2.05, 4.69) is 21.2 Å². The number of halogens is 1. The number of ketones is 1. The largest absolute Gasteiger partial charge is 0.444 e. The Balaban J connectivity index is 2.09. The number of benzene rings is 1. The minimum Gasteiger partial charge on any atom is -0.444 e. The Kier molecular flexibility index (Phi) is 3.38. The van der Waals surface area contributed by atoms with Gasteiger partial charge in [-0.05, 0) is 17.5 Å². The molecule has 6 nitrogen and oxygen atoms in total. The molecule has 3 N–H and O–H groups in total. The van der Waals surface area contributed by atoms with Crippen molar-refractivity contribution in [2.24, 2.45) is 11.1 Å². The SMILES string of the molecule is CC1(C)CC(=O)C2=C(C1)OC(N)=C(C#N)C21C(=O)Nc2cc(Br)ccc21. The number of fused-ring (bicyclic) bond motifs is 3. The summed E-state index contributed by atoms with van der Waals surface area (Å²) in [5, 5.41) is 12.6. The molecule has 1 atom stereocenters. The summed E-state index contributed by atoms with van der Waals surface area (Å²) in [4.78, 5) is 26.3. The van der Waals surface area contributed by atoms with Crippen molar-refractivity contribution in [3.63, 3.8) is 0 Å². The summed E-state index contributed by atoms with van der Waals surface area (Å²) in [5.41, 5.74) is 5.48. The van der Waals surface area contributed by atoms with Crippen LogP contribution in [0.5, 0.6) is 0 Å². The smallest absolute Gasteiger partial charge is 0.245 e. The molecule has 132 valence electrons. The lowest BCUT2D eigenvalue weighted by Crippen LogP contribution is -2.48. The molecule has 1 aromatic carbocycles. The van der Waals surface area contributed by atoms with Gasteiger partial charge in [0.1, 0.15) is 22.8 Å². The Labute approximate surface area is 158 Å². The maximum Gasteiger partial charge on any atom is 0.245 e. The summed E-state index contributed by atoms with van der Waals surface area (Å²) < 4.78 is 6.46. The zero-order chi connectivity index (χ0) is 18.9. The first kappa shape index (κ1) is 16.9. The number of Topliss-reactive ketones (excluding diaryl/α,β-unsaturated/α-hetero) is 1. The van der Waals surface area contributed by atoms with Crippen LogP contribution in [0.15, 0.2) is 45.5 Å². The van der Waals surface area contributed by atoms with Gasteiger partial charge in [-0.25, -0.2) is 0 Å². The highest BCUT2D eigenvalue weighted by atomic mass is 79.9. The fourth-order valence-corrected chi connectivity index (χ4v) is 4.54. The van der Waals surface area contributed by atoms with E-state index in [1.165, 1.54) is 0 Å². The molecule has 0 saturated carbocycles. The molecule has 1 aromatic rings. The van der Waals surface area contributed by atoms with Crippen molar-refractivity contribution >= 4 is 33.3 Å². The van der Waals surface area contributed by atoms with Crippen LogP contribution in [0.1, 0.15) is 32.3 Å². The number of carbonyl (C=O) groups is 2. The third-order valence-electron chi connectivity index (χ3n) is 5.15. The van der Waals surface area contributed by atoms with Crippen LogP contribution in [0.3, 0.4) is 0 Å². The second kappa shape index (κ2) is 5.21. The lowest BCUT2D eigenvalue weighted by molar-refractivity contribution is -0.124. The lowest BCUT2D eigenvalue weighted by atomic mass is 9.62. The van der Waals surface area contributed by atoms with Crippen LogP contribution in [0.25, 0.3) is 0 Å². The molecule has 0 aromatic heterocycles. The van der Waals surface area contributed by atoms with E-state index >= 15 is 0 Å². The summed E-state index contributed by atoms with van der Waals surface area (Å²) in [7, 11) is 0. The highest BCUT2D eigenvalue weighted by Gasteiger charge is 2.60. The molecule has 2 aliphatic heterocycles. The Morgan fingerprint density at radius 3 is 2.73 bits per heavy atom. The number of nitrogens with one attached hydrogen (secondary N) is 1. The van der Waals surface area contributed by atoms with Crippen LogP contribution in [0, 0.1) is 16.7 Å². The molecule has 0 radical (unpaired) electrons. The molecule has 4 rings (SSSR count). The minimum absolute atomic E-state index is 0.0390. The van der Waals surface area contributed by atoms with E-state index in [0.29, 0.717) is 23.4 Å². The van der Waals surface area contributed by atoms with Gasteiger partial charge in [-0.1, -0.05) is 35.8 Å². The molecule has 1 aliphatic carbocycles. The van der Waals surface area contributed by atoms with Gasteiger partial charge in [-0.15, -0.1) is 0 Å². The fourth-order valence-electron chi connectivity index (χ4n) is 4.18. The Hall–Kier alpha value is -2.59. The van der Waals surface area contributed by atoms with Crippen LogP contribution < -0.4 is 11.1 Å². The second-order valence-electron chi connectivity index (χ2n) is 7.59. The van der Waals surface area contributed by atoms with Crippen molar-refractivity contribution in [3.05, 3.63) is 51.0 Å². The van der Waals surface area contributed by atoms with E-state index in [1.807, 2.05) is 19.9 Å². The second-order valence-corrected chi connectivity index (χ2v) is 8.50. The summed E-state index contributed by atoms with van der Waals surface area (Å²) in [5.74, 6) is -0.382. The Morgan fingerprint density at radius 1 is 1.31 bits per heavy atom. The van der Waals surface area contributed by atoms with Gasteiger partial charge in [0, 0.05) is 28.6 Å². The molecule has 3 aliphatic rings. The summed E-state index contributed by atoms with van der Waals surface area (Å²) >= 11 is 3.38. The molecule has 1 spiro atoms. The first-order valence-corrected chi connectivity index (χ1v) is 8.96. The number of rotatable bonds is 0. The van der Waals surface area contributed by atoms with E-state index < -0.39 is 11.3 Å². The maximum absolute atomic E-state index is 13.2. The molecule has 0 fully saturated rings. The van der Waals surface area contributed by atoms with Gasteiger partial charge in [0.25, 0.3) is 0 Å². The lowest BCUT2D eigenvalue weighted by Gasteiger charge is -2.41. The van der Waals surface area contributed by atoms with Crippen molar-refractivity contribution in [2.45, 2.75) is 32.1 Å². The number of anilines is 1. The van der Waals surface area contributed by atoms with Gasteiger partial charge >= 0.3 is 0 Å². The van der Waals surface area contributed by atoms with Gasteiger partial charge < -0.3 is 15.8 Å². The monoisotopic (exact) mass is 413 g/mol. The first-order valence-electron chi connectivity index (χ1n) is 8.17. The number of hydrogen-bond acceptors (Lipinski definition) is 5. The van der Waals surface area contributed by atoms with Gasteiger partial charge in [0.2, 0.25) is 11.8 Å². The van der Waals surface area contributed by atoms with Crippen LogP contribution in [-0.4, -0.2) is 11.7 Å². The molecular formula is C19H16BrN3O3. The maximum atomic E-state index is 13.2. The van der Waals surface area contributed by atoms with Crippen molar-refractivity contribution in [1.82, 2.24) is 0 Å². The van der Waals surface area contributed by atoms with Gasteiger partial charge in [0.15, 0.2) is 5.78 Å². The highest BCUT2D eigenvalue weighted by molar-refractivity contribution is 9.10. The van der Waals surface area contributed by atoms with Crippen LogP contribution in [0.4, 0.5) is 5.69 Å². The number of ether oxygens (including phenoxy) is 1. The molecule has 0 bridgehead atoms. The standard InChI is InChI=1S/C19H16BrN3O3/c1-18(2)6-13(24)15-14(7-18)26-16(22)11(8-21)19(15)10-4-3-9(20)5-12(10)23-17(19)25/h3-5H,6-7,22H2,1-2H3,(H,23,25). The zero-order valence-electron chi connectivity index (χ0n) is 14.3. The highest BCUT2D eigenvalue weighted by Crippen LogP contribution is 2.55. The van der Waals surface area contributed by atoms with Gasteiger partial charge in [-0.3, -0.25) is 9.59 Å². The van der Waals surface area contributed by atoms with E-state index in [9.17, 15) is 14.9 Å². The third-order valence-corrected chi connectivity index (χ3v) is 5.64. The average Bonchev–Trinajstić information content (AvgIpc) is 2.78. The molecule has 26 heavy (non-hydrogen) atoms. The van der Waals surface area contributed by atoms with Crippen LogP contribution >= 0.6 is 15.9 Å². The predicted octanol–water partition coefficient (Wildman–Crippen LogP) is 3.01. The number of amides is 1. The van der Waals surface area contributed by atoms with Gasteiger partial charge in [0.05, 0.1) is 5.57 Å². The molecule has 0 saturated heterocycles. The fraction of sp³-hybridized carbons (Fsp3) is 0.316. The number of carbonyl (C=O) groups excluding carboxylic acids is 2.